The maximum absolute atomic E-state index is 5.10. The summed E-state index contributed by atoms with van der Waals surface area (Å²) in [4.78, 5) is 8.66. The number of rotatable bonds is 3. The van der Waals surface area contributed by atoms with E-state index < -0.39 is 0 Å². The molecule has 1 saturated carbocycles. The number of pyridine rings is 1. The maximum atomic E-state index is 5.10. The van der Waals surface area contributed by atoms with Gasteiger partial charge in [-0.3, -0.25) is 4.68 Å². The lowest BCUT2D eigenvalue weighted by molar-refractivity contribution is 0.398. The summed E-state index contributed by atoms with van der Waals surface area (Å²) in [6.45, 7) is 0. The summed E-state index contributed by atoms with van der Waals surface area (Å²) in [6.07, 6.45) is 4.17. The van der Waals surface area contributed by atoms with E-state index in [1.54, 1.807) is 13.3 Å². The van der Waals surface area contributed by atoms with Crippen molar-refractivity contribution in [2.24, 2.45) is 7.05 Å². The number of aromatic nitrogens is 4. The molecule has 0 radical (unpaired) electrons. The minimum atomic E-state index is 0.586. The van der Waals surface area contributed by atoms with Crippen molar-refractivity contribution in [3.8, 4) is 17.3 Å². The minimum absolute atomic E-state index is 0.586. The highest BCUT2D eigenvalue weighted by Gasteiger charge is 2.29. The number of ether oxygens (including phenoxy) is 1. The maximum Gasteiger partial charge on any atom is 0.213 e. The summed E-state index contributed by atoms with van der Waals surface area (Å²) in [5, 5.41) is 4.44. The average Bonchev–Trinajstić information content (AvgIpc) is 3.13. The van der Waals surface area contributed by atoms with Crippen LogP contribution in [-0.2, 0) is 7.05 Å². The number of hydrogen-bond acceptors (Lipinski definition) is 4. The van der Waals surface area contributed by atoms with E-state index in [1.165, 1.54) is 12.8 Å². The number of hydrogen-bond donors (Lipinski definition) is 0. The van der Waals surface area contributed by atoms with Gasteiger partial charge in [0.1, 0.15) is 5.82 Å². The summed E-state index contributed by atoms with van der Waals surface area (Å²) in [5.41, 5.74) is 0.944. The lowest BCUT2D eigenvalue weighted by atomic mass is 10.2. The van der Waals surface area contributed by atoms with Gasteiger partial charge in [-0.1, -0.05) is 0 Å². The zero-order chi connectivity index (χ0) is 11.8. The fourth-order valence-corrected chi connectivity index (χ4v) is 1.88. The van der Waals surface area contributed by atoms with Crippen LogP contribution in [0.5, 0.6) is 5.88 Å². The monoisotopic (exact) mass is 230 g/mol. The molecule has 2 aromatic rings. The van der Waals surface area contributed by atoms with Gasteiger partial charge >= 0.3 is 0 Å². The number of nitrogens with zero attached hydrogens (tertiary/aromatic N) is 4. The Kier molecular flexibility index (Phi) is 2.31. The molecule has 0 spiro atoms. The summed E-state index contributed by atoms with van der Waals surface area (Å²) >= 11 is 0. The Morgan fingerprint density at radius 3 is 2.94 bits per heavy atom. The van der Waals surface area contributed by atoms with Crippen LogP contribution in [0.3, 0.4) is 0 Å². The zero-order valence-corrected chi connectivity index (χ0v) is 9.92. The van der Waals surface area contributed by atoms with E-state index in [4.69, 9.17) is 4.74 Å². The van der Waals surface area contributed by atoms with E-state index in [0.29, 0.717) is 11.8 Å². The van der Waals surface area contributed by atoms with Crippen molar-refractivity contribution in [1.82, 2.24) is 19.7 Å². The van der Waals surface area contributed by atoms with Crippen LogP contribution in [0.1, 0.15) is 24.6 Å². The molecule has 0 atom stereocenters. The first-order valence-electron chi connectivity index (χ1n) is 5.69. The normalized spacial score (nSPS) is 14.9. The second kappa shape index (κ2) is 3.84. The second-order valence-corrected chi connectivity index (χ2v) is 4.28. The first kappa shape index (κ1) is 10.3. The molecule has 5 heteroatoms. The van der Waals surface area contributed by atoms with E-state index in [0.717, 1.165) is 17.2 Å². The van der Waals surface area contributed by atoms with Crippen LogP contribution >= 0.6 is 0 Å². The van der Waals surface area contributed by atoms with Crippen molar-refractivity contribution >= 4 is 0 Å². The van der Waals surface area contributed by atoms with Gasteiger partial charge in [0, 0.05) is 30.8 Å². The van der Waals surface area contributed by atoms with Gasteiger partial charge in [-0.05, 0) is 18.9 Å². The Morgan fingerprint density at radius 1 is 1.41 bits per heavy atom. The predicted octanol–water partition coefficient (Wildman–Crippen LogP) is 1.76. The van der Waals surface area contributed by atoms with Crippen LogP contribution in [0, 0.1) is 0 Å². The van der Waals surface area contributed by atoms with Gasteiger partial charge in [0.15, 0.2) is 5.82 Å². The SMILES string of the molecule is COc1cc(-c2nc(C3CC3)n(C)n2)ccn1. The molecule has 1 fully saturated rings. The third-order valence-corrected chi connectivity index (χ3v) is 2.94. The molecular weight excluding hydrogens is 216 g/mol. The molecule has 3 rings (SSSR count). The Balaban J connectivity index is 1.99. The molecule has 0 aliphatic heterocycles. The topological polar surface area (TPSA) is 52.8 Å². The van der Waals surface area contributed by atoms with E-state index in [-0.39, 0.29) is 0 Å². The van der Waals surface area contributed by atoms with Gasteiger partial charge in [-0.15, -0.1) is 0 Å². The summed E-state index contributed by atoms with van der Waals surface area (Å²) in [7, 11) is 3.55. The molecule has 0 aromatic carbocycles. The molecule has 0 N–H and O–H groups in total. The highest BCUT2D eigenvalue weighted by Crippen LogP contribution is 2.39. The number of aryl methyl sites for hydroxylation is 1. The number of methoxy groups -OCH3 is 1. The predicted molar refractivity (Wildman–Crippen MR) is 62.8 cm³/mol. The molecule has 0 saturated heterocycles. The van der Waals surface area contributed by atoms with Gasteiger partial charge in [0.05, 0.1) is 7.11 Å². The van der Waals surface area contributed by atoms with Crippen LogP contribution in [0.4, 0.5) is 0 Å². The highest BCUT2D eigenvalue weighted by atomic mass is 16.5. The Hall–Kier alpha value is -1.91. The van der Waals surface area contributed by atoms with Crippen LogP contribution < -0.4 is 4.74 Å². The highest BCUT2D eigenvalue weighted by molar-refractivity contribution is 5.55. The standard InChI is InChI=1S/C12H14N4O/c1-16-12(8-3-4-8)14-11(15-16)9-5-6-13-10(7-9)17-2/h5-8H,3-4H2,1-2H3. The van der Waals surface area contributed by atoms with E-state index in [9.17, 15) is 0 Å². The van der Waals surface area contributed by atoms with Crippen molar-refractivity contribution in [3.63, 3.8) is 0 Å². The van der Waals surface area contributed by atoms with Crippen LogP contribution in [-0.4, -0.2) is 26.9 Å². The molecule has 0 unspecified atom stereocenters. The third-order valence-electron chi connectivity index (χ3n) is 2.94. The molecular formula is C12H14N4O. The van der Waals surface area contributed by atoms with Crippen molar-refractivity contribution in [2.45, 2.75) is 18.8 Å². The molecule has 17 heavy (non-hydrogen) atoms. The Morgan fingerprint density at radius 2 is 2.24 bits per heavy atom. The van der Waals surface area contributed by atoms with Crippen molar-refractivity contribution in [2.75, 3.05) is 7.11 Å². The smallest absolute Gasteiger partial charge is 0.213 e. The molecule has 2 aromatic heterocycles. The first-order valence-corrected chi connectivity index (χ1v) is 5.69. The first-order chi connectivity index (χ1) is 8.28. The van der Waals surface area contributed by atoms with Gasteiger partial charge in [-0.25, -0.2) is 9.97 Å². The van der Waals surface area contributed by atoms with Gasteiger partial charge < -0.3 is 4.74 Å². The Bertz CT molecular complexity index is 545. The molecule has 0 amide bonds. The van der Waals surface area contributed by atoms with E-state index in [2.05, 4.69) is 15.1 Å². The molecule has 2 heterocycles. The largest absolute Gasteiger partial charge is 0.481 e. The van der Waals surface area contributed by atoms with Gasteiger partial charge in [-0.2, -0.15) is 5.10 Å². The van der Waals surface area contributed by atoms with Crippen LogP contribution in [0.25, 0.3) is 11.4 Å². The fourth-order valence-electron chi connectivity index (χ4n) is 1.88. The summed E-state index contributed by atoms with van der Waals surface area (Å²) in [6, 6.07) is 3.75. The fraction of sp³-hybridized carbons (Fsp3) is 0.417. The van der Waals surface area contributed by atoms with E-state index >= 15 is 0 Å². The molecule has 88 valence electrons. The lowest BCUT2D eigenvalue weighted by Gasteiger charge is -1.99. The third kappa shape index (κ3) is 1.88. The molecule has 5 nitrogen and oxygen atoms in total. The summed E-state index contributed by atoms with van der Waals surface area (Å²) in [5.74, 6) is 3.01. The average molecular weight is 230 g/mol. The minimum Gasteiger partial charge on any atom is -0.481 e. The lowest BCUT2D eigenvalue weighted by Crippen LogP contribution is -1.96. The van der Waals surface area contributed by atoms with Gasteiger partial charge in [0.2, 0.25) is 5.88 Å². The molecule has 1 aliphatic carbocycles. The second-order valence-electron chi connectivity index (χ2n) is 4.28. The summed E-state index contributed by atoms with van der Waals surface area (Å²) < 4.78 is 6.97. The van der Waals surface area contributed by atoms with Crippen LogP contribution in [0.2, 0.25) is 0 Å². The van der Waals surface area contributed by atoms with Gasteiger partial charge in [0.25, 0.3) is 0 Å². The molecule has 0 bridgehead atoms. The van der Waals surface area contributed by atoms with Crippen molar-refractivity contribution < 1.29 is 4.74 Å². The quantitative estimate of drug-likeness (QED) is 0.806. The zero-order valence-electron chi connectivity index (χ0n) is 9.92. The van der Waals surface area contributed by atoms with E-state index in [1.807, 2.05) is 23.9 Å². The van der Waals surface area contributed by atoms with Crippen molar-refractivity contribution in [3.05, 3.63) is 24.2 Å². The Labute approximate surface area is 99.5 Å². The van der Waals surface area contributed by atoms with Crippen LogP contribution in [0.15, 0.2) is 18.3 Å². The van der Waals surface area contributed by atoms with Crippen molar-refractivity contribution in [1.29, 1.82) is 0 Å². The molecule has 1 aliphatic rings.